The summed E-state index contributed by atoms with van der Waals surface area (Å²) in [4.78, 5) is 0. The predicted octanol–water partition coefficient (Wildman–Crippen LogP) is 4.30. The molecule has 1 saturated carbocycles. The van der Waals surface area contributed by atoms with E-state index in [-0.39, 0.29) is 0 Å². The van der Waals surface area contributed by atoms with Gasteiger partial charge in [0, 0.05) is 5.33 Å². The second-order valence-corrected chi connectivity index (χ2v) is 4.27. The number of hydrogen-bond acceptors (Lipinski definition) is 0. The Labute approximate surface area is 84.6 Å². The van der Waals surface area contributed by atoms with Crippen molar-refractivity contribution in [2.75, 3.05) is 5.33 Å². The Hall–Kier alpha value is 0.220. The van der Waals surface area contributed by atoms with Gasteiger partial charge >= 0.3 is 0 Å². The fraction of sp³-hybridized carbons (Fsp3) is 0.818. The normalized spacial score (nSPS) is 21.3. The third-order valence-corrected chi connectivity index (χ3v) is 3.47. The zero-order chi connectivity index (χ0) is 8.81. The number of rotatable bonds is 3. The number of alkyl halides is 1. The monoisotopic (exact) mass is 230 g/mol. The van der Waals surface area contributed by atoms with Gasteiger partial charge in [-0.2, -0.15) is 0 Å². The van der Waals surface area contributed by atoms with Crippen LogP contribution in [0.15, 0.2) is 11.6 Å². The van der Waals surface area contributed by atoms with E-state index in [0.717, 1.165) is 11.2 Å². The molecule has 0 spiro atoms. The van der Waals surface area contributed by atoms with Gasteiger partial charge in [0.2, 0.25) is 0 Å². The van der Waals surface area contributed by atoms with Gasteiger partial charge in [-0.1, -0.05) is 53.8 Å². The fourth-order valence-corrected chi connectivity index (χ4v) is 2.47. The summed E-state index contributed by atoms with van der Waals surface area (Å²) in [6.45, 7) is 2.25. The molecule has 0 heterocycles. The summed E-state index contributed by atoms with van der Waals surface area (Å²) in [7, 11) is 0. The first-order chi connectivity index (χ1) is 5.86. The summed E-state index contributed by atoms with van der Waals surface area (Å²) in [5.41, 5.74) is 1.59. The van der Waals surface area contributed by atoms with Crippen molar-refractivity contribution in [3.8, 4) is 0 Å². The molecule has 0 bridgehead atoms. The van der Waals surface area contributed by atoms with Crippen LogP contribution in [0.2, 0.25) is 0 Å². The van der Waals surface area contributed by atoms with E-state index in [9.17, 15) is 0 Å². The van der Waals surface area contributed by atoms with E-state index in [1.165, 1.54) is 38.5 Å². The summed E-state index contributed by atoms with van der Waals surface area (Å²) in [6.07, 6.45) is 10.9. The van der Waals surface area contributed by atoms with E-state index in [0.29, 0.717) is 0 Å². The molecule has 1 aliphatic carbocycles. The third kappa shape index (κ3) is 3.30. The average Bonchev–Trinajstić information content (AvgIpc) is 2.16. The standard InChI is InChI=1S/C11H19Br/c1-2-10(9-12)8-11-6-4-3-5-7-11/h8,11H,2-7,9H2,1H3. The lowest BCUT2D eigenvalue weighted by Gasteiger charge is -2.19. The maximum atomic E-state index is 3.53. The van der Waals surface area contributed by atoms with E-state index in [1.54, 1.807) is 5.57 Å². The minimum absolute atomic E-state index is 0.895. The lowest BCUT2D eigenvalue weighted by atomic mass is 9.88. The van der Waals surface area contributed by atoms with Crippen molar-refractivity contribution in [2.45, 2.75) is 45.4 Å². The first-order valence-corrected chi connectivity index (χ1v) is 6.24. The van der Waals surface area contributed by atoms with E-state index in [2.05, 4.69) is 28.9 Å². The van der Waals surface area contributed by atoms with Crippen molar-refractivity contribution in [2.24, 2.45) is 5.92 Å². The SMILES string of the molecule is CCC(=CC1CCCCC1)CBr. The van der Waals surface area contributed by atoms with Gasteiger partial charge in [-0.05, 0) is 25.2 Å². The molecule has 12 heavy (non-hydrogen) atoms. The maximum absolute atomic E-state index is 3.53. The minimum Gasteiger partial charge on any atom is -0.0880 e. The number of hydrogen-bond donors (Lipinski definition) is 0. The molecular weight excluding hydrogens is 212 g/mol. The van der Waals surface area contributed by atoms with Crippen LogP contribution in [0.1, 0.15) is 45.4 Å². The molecule has 0 unspecified atom stereocenters. The van der Waals surface area contributed by atoms with Gasteiger partial charge in [0.05, 0.1) is 0 Å². The van der Waals surface area contributed by atoms with Crippen LogP contribution in [-0.4, -0.2) is 5.33 Å². The van der Waals surface area contributed by atoms with Gasteiger partial charge in [0.15, 0.2) is 0 Å². The van der Waals surface area contributed by atoms with Gasteiger partial charge in [-0.15, -0.1) is 0 Å². The first-order valence-electron chi connectivity index (χ1n) is 5.12. The van der Waals surface area contributed by atoms with Crippen LogP contribution in [0.4, 0.5) is 0 Å². The molecule has 0 amide bonds. The molecule has 0 aromatic carbocycles. The van der Waals surface area contributed by atoms with Gasteiger partial charge in [-0.25, -0.2) is 0 Å². The molecule has 0 aromatic rings. The molecule has 0 nitrogen and oxygen atoms in total. The molecule has 0 aliphatic heterocycles. The molecule has 0 radical (unpaired) electrons. The van der Waals surface area contributed by atoms with Crippen molar-refractivity contribution in [1.82, 2.24) is 0 Å². The van der Waals surface area contributed by atoms with Crippen LogP contribution in [-0.2, 0) is 0 Å². The molecule has 1 heteroatoms. The average molecular weight is 231 g/mol. The van der Waals surface area contributed by atoms with Crippen molar-refractivity contribution < 1.29 is 0 Å². The van der Waals surface area contributed by atoms with Crippen molar-refractivity contribution in [1.29, 1.82) is 0 Å². The molecule has 1 aliphatic rings. The molecule has 1 rings (SSSR count). The Morgan fingerprint density at radius 2 is 2.00 bits per heavy atom. The Morgan fingerprint density at radius 3 is 2.50 bits per heavy atom. The fourth-order valence-electron chi connectivity index (χ4n) is 1.89. The molecule has 0 aromatic heterocycles. The molecule has 0 N–H and O–H groups in total. The second kappa shape index (κ2) is 5.80. The van der Waals surface area contributed by atoms with Gasteiger partial charge < -0.3 is 0 Å². The zero-order valence-corrected chi connectivity index (χ0v) is 9.57. The maximum Gasteiger partial charge on any atom is 0.0241 e. The Kier molecular flexibility index (Phi) is 4.98. The largest absolute Gasteiger partial charge is 0.0880 e. The Balaban J connectivity index is 2.39. The van der Waals surface area contributed by atoms with Gasteiger partial charge in [0.1, 0.15) is 0 Å². The van der Waals surface area contributed by atoms with Crippen molar-refractivity contribution >= 4 is 15.9 Å². The Morgan fingerprint density at radius 1 is 1.33 bits per heavy atom. The van der Waals surface area contributed by atoms with E-state index in [1.807, 2.05) is 0 Å². The predicted molar refractivity (Wildman–Crippen MR) is 58.7 cm³/mol. The number of halogens is 1. The second-order valence-electron chi connectivity index (χ2n) is 3.71. The smallest absolute Gasteiger partial charge is 0.0241 e. The molecular formula is C11H19Br. The first kappa shape index (κ1) is 10.3. The molecule has 0 atom stereocenters. The summed E-state index contributed by atoms with van der Waals surface area (Å²) < 4.78 is 0. The minimum atomic E-state index is 0.895. The summed E-state index contributed by atoms with van der Waals surface area (Å²) in [5.74, 6) is 0.895. The third-order valence-electron chi connectivity index (χ3n) is 2.75. The van der Waals surface area contributed by atoms with E-state index < -0.39 is 0 Å². The Bertz CT molecular complexity index is 137. The van der Waals surface area contributed by atoms with Gasteiger partial charge in [-0.3, -0.25) is 0 Å². The lowest BCUT2D eigenvalue weighted by molar-refractivity contribution is 0.417. The molecule has 0 saturated heterocycles. The summed E-state index contributed by atoms with van der Waals surface area (Å²) >= 11 is 3.53. The quantitative estimate of drug-likeness (QED) is 0.501. The van der Waals surface area contributed by atoms with Crippen LogP contribution in [0.5, 0.6) is 0 Å². The highest BCUT2D eigenvalue weighted by atomic mass is 79.9. The van der Waals surface area contributed by atoms with Crippen molar-refractivity contribution in [3.05, 3.63) is 11.6 Å². The van der Waals surface area contributed by atoms with Crippen LogP contribution < -0.4 is 0 Å². The van der Waals surface area contributed by atoms with Crippen LogP contribution >= 0.6 is 15.9 Å². The van der Waals surface area contributed by atoms with Crippen LogP contribution in [0.3, 0.4) is 0 Å². The highest BCUT2D eigenvalue weighted by molar-refractivity contribution is 9.09. The number of allylic oxidation sites excluding steroid dienone is 2. The summed E-state index contributed by atoms with van der Waals surface area (Å²) in [5, 5.41) is 1.07. The van der Waals surface area contributed by atoms with E-state index in [4.69, 9.17) is 0 Å². The highest BCUT2D eigenvalue weighted by Crippen LogP contribution is 2.26. The van der Waals surface area contributed by atoms with Gasteiger partial charge in [0.25, 0.3) is 0 Å². The molecule has 1 fully saturated rings. The van der Waals surface area contributed by atoms with Crippen molar-refractivity contribution in [3.63, 3.8) is 0 Å². The zero-order valence-electron chi connectivity index (χ0n) is 7.98. The summed E-state index contributed by atoms with van der Waals surface area (Å²) in [6, 6.07) is 0. The highest BCUT2D eigenvalue weighted by Gasteiger charge is 2.10. The van der Waals surface area contributed by atoms with Crippen LogP contribution in [0, 0.1) is 5.92 Å². The van der Waals surface area contributed by atoms with E-state index >= 15 is 0 Å². The topological polar surface area (TPSA) is 0 Å². The van der Waals surface area contributed by atoms with Crippen LogP contribution in [0.25, 0.3) is 0 Å². The molecule has 70 valence electrons. The lowest BCUT2D eigenvalue weighted by Crippen LogP contribution is -2.04.